The van der Waals surface area contributed by atoms with E-state index in [2.05, 4.69) is 4.98 Å². The largest absolute Gasteiger partial charge is 0.348 e. The number of halogens is 2. The summed E-state index contributed by atoms with van der Waals surface area (Å²) in [5.74, 6) is -2.58. The third kappa shape index (κ3) is 3.94. The van der Waals surface area contributed by atoms with E-state index in [0.717, 1.165) is 10.7 Å². The van der Waals surface area contributed by atoms with Crippen LogP contribution in [0.2, 0.25) is 0 Å². The number of thiazole rings is 1. The minimum atomic E-state index is -2.57. The minimum absolute atomic E-state index is 0.00592. The highest BCUT2D eigenvalue weighted by Crippen LogP contribution is 2.28. The molecule has 0 unspecified atom stereocenters. The minimum Gasteiger partial charge on any atom is -0.348 e. The fourth-order valence-electron chi connectivity index (χ4n) is 1.96. The van der Waals surface area contributed by atoms with E-state index >= 15 is 0 Å². The number of aromatic nitrogens is 1. The lowest BCUT2D eigenvalue weighted by atomic mass is 10.3. The topological polar surface area (TPSA) is 36.4 Å². The number of nitrogens with zero attached hydrogens (tertiary/aromatic N) is 3. The summed E-state index contributed by atoms with van der Waals surface area (Å²) >= 11 is 1.41. The monoisotopic (exact) mass is 289 g/mol. The molecule has 19 heavy (non-hydrogen) atoms. The predicted octanol–water partition coefficient (Wildman–Crippen LogP) is 1.61. The number of carbonyl (C=O) groups is 1. The maximum absolute atomic E-state index is 13.1. The van der Waals surface area contributed by atoms with Gasteiger partial charge in [-0.3, -0.25) is 9.69 Å². The number of alkyl halides is 2. The highest BCUT2D eigenvalue weighted by Gasteiger charge is 2.38. The van der Waals surface area contributed by atoms with Gasteiger partial charge in [-0.25, -0.2) is 13.8 Å². The molecular weight excluding hydrogens is 272 g/mol. The van der Waals surface area contributed by atoms with Gasteiger partial charge >= 0.3 is 0 Å². The van der Waals surface area contributed by atoms with Crippen LogP contribution in [0.1, 0.15) is 17.1 Å². The molecular formula is C12H17F2N3OS. The Morgan fingerprint density at radius 3 is 2.89 bits per heavy atom. The number of carbonyl (C=O) groups excluding carboxylic acids is 1. The van der Waals surface area contributed by atoms with Crippen molar-refractivity contribution in [2.75, 3.05) is 27.2 Å². The summed E-state index contributed by atoms with van der Waals surface area (Å²) in [6.07, 6.45) is 0.191. The smallest absolute Gasteiger partial charge is 0.261 e. The van der Waals surface area contributed by atoms with E-state index in [9.17, 15) is 13.6 Å². The summed E-state index contributed by atoms with van der Waals surface area (Å²) in [6.45, 7) is 0.634. The first-order valence-corrected chi connectivity index (χ1v) is 6.97. The molecule has 0 bridgehead atoms. The van der Waals surface area contributed by atoms with E-state index in [4.69, 9.17) is 0 Å². The van der Waals surface area contributed by atoms with Crippen molar-refractivity contribution < 1.29 is 13.6 Å². The number of rotatable bonds is 4. The molecule has 1 amide bonds. The van der Waals surface area contributed by atoms with Crippen LogP contribution in [0.5, 0.6) is 0 Å². The maximum Gasteiger partial charge on any atom is 0.261 e. The van der Waals surface area contributed by atoms with Crippen molar-refractivity contribution in [3.63, 3.8) is 0 Å². The van der Waals surface area contributed by atoms with Crippen molar-refractivity contribution >= 4 is 17.2 Å². The van der Waals surface area contributed by atoms with Crippen LogP contribution in [0.4, 0.5) is 8.78 Å². The van der Waals surface area contributed by atoms with Crippen LogP contribution in [-0.2, 0) is 17.8 Å². The van der Waals surface area contributed by atoms with E-state index in [1.165, 1.54) is 16.2 Å². The van der Waals surface area contributed by atoms with Crippen LogP contribution in [-0.4, -0.2) is 53.8 Å². The molecule has 1 aromatic heterocycles. The van der Waals surface area contributed by atoms with E-state index in [0.29, 0.717) is 13.1 Å². The molecule has 2 heterocycles. The van der Waals surface area contributed by atoms with Crippen molar-refractivity contribution in [2.45, 2.75) is 25.3 Å². The van der Waals surface area contributed by atoms with Gasteiger partial charge in [0.15, 0.2) is 0 Å². The van der Waals surface area contributed by atoms with E-state index < -0.39 is 5.92 Å². The highest BCUT2D eigenvalue weighted by molar-refractivity contribution is 7.09. The molecule has 4 nitrogen and oxygen atoms in total. The average Bonchev–Trinajstić information content (AvgIpc) is 2.86. The van der Waals surface area contributed by atoms with Crippen LogP contribution >= 0.6 is 11.3 Å². The zero-order valence-corrected chi connectivity index (χ0v) is 11.8. The van der Waals surface area contributed by atoms with Crippen LogP contribution in [0.3, 0.4) is 0 Å². The first kappa shape index (κ1) is 14.3. The summed E-state index contributed by atoms with van der Waals surface area (Å²) in [4.78, 5) is 19.1. The van der Waals surface area contributed by atoms with Gasteiger partial charge in [-0.1, -0.05) is 0 Å². The molecule has 7 heteroatoms. The van der Waals surface area contributed by atoms with Gasteiger partial charge in [0.1, 0.15) is 5.01 Å². The van der Waals surface area contributed by atoms with Gasteiger partial charge in [0.05, 0.1) is 18.7 Å². The molecule has 0 atom stereocenters. The van der Waals surface area contributed by atoms with Crippen molar-refractivity contribution in [3.05, 3.63) is 16.1 Å². The molecule has 0 spiro atoms. The zero-order valence-electron chi connectivity index (χ0n) is 11.0. The lowest BCUT2D eigenvalue weighted by Crippen LogP contribution is -2.25. The van der Waals surface area contributed by atoms with Crippen molar-refractivity contribution in [1.82, 2.24) is 14.8 Å². The summed E-state index contributed by atoms with van der Waals surface area (Å²) in [5.41, 5.74) is 0.768. The number of hydrogen-bond donors (Lipinski definition) is 0. The highest BCUT2D eigenvalue weighted by atomic mass is 32.1. The van der Waals surface area contributed by atoms with Crippen LogP contribution in [0.25, 0.3) is 0 Å². The first-order valence-electron chi connectivity index (χ1n) is 6.09. The van der Waals surface area contributed by atoms with Gasteiger partial charge in [0.25, 0.3) is 5.92 Å². The average molecular weight is 289 g/mol. The molecule has 0 saturated carbocycles. The number of hydrogen-bond acceptors (Lipinski definition) is 4. The van der Waals surface area contributed by atoms with Crippen LogP contribution in [0.15, 0.2) is 5.38 Å². The van der Waals surface area contributed by atoms with E-state index in [1.807, 2.05) is 5.38 Å². The summed E-state index contributed by atoms with van der Waals surface area (Å²) in [6, 6.07) is 0. The molecule has 1 aliphatic heterocycles. The molecule has 0 aromatic carbocycles. The Morgan fingerprint density at radius 1 is 1.58 bits per heavy atom. The number of likely N-dealkylation sites (tertiary alicyclic amines) is 1. The Balaban J connectivity index is 1.89. The standard InChI is InChI=1S/C12H17F2N3OS/c1-16(2)11(18)5-10-15-9(7-19-10)6-17-4-3-12(13,14)8-17/h7H,3-6,8H2,1-2H3. The Labute approximate surface area is 115 Å². The third-order valence-electron chi connectivity index (χ3n) is 3.03. The van der Waals surface area contributed by atoms with Crippen molar-refractivity contribution in [3.8, 4) is 0 Å². The zero-order chi connectivity index (χ0) is 14.0. The van der Waals surface area contributed by atoms with Gasteiger partial charge in [-0.15, -0.1) is 11.3 Å². The molecule has 1 aliphatic rings. The molecule has 1 aromatic rings. The Hall–Kier alpha value is -1.08. The normalized spacial score (nSPS) is 18.7. The second-order valence-corrected chi connectivity index (χ2v) is 5.96. The summed E-state index contributed by atoms with van der Waals surface area (Å²) in [5, 5.41) is 2.58. The van der Waals surface area contributed by atoms with Gasteiger partial charge in [-0.2, -0.15) is 0 Å². The van der Waals surface area contributed by atoms with Crippen molar-refractivity contribution in [1.29, 1.82) is 0 Å². The Morgan fingerprint density at radius 2 is 2.32 bits per heavy atom. The summed E-state index contributed by atoms with van der Waals surface area (Å²) in [7, 11) is 3.40. The van der Waals surface area contributed by atoms with Crippen LogP contribution < -0.4 is 0 Å². The maximum atomic E-state index is 13.1. The number of likely N-dealkylation sites (N-methyl/N-ethyl adjacent to an activating group) is 1. The van der Waals surface area contributed by atoms with Gasteiger partial charge in [0, 0.05) is 39.0 Å². The second-order valence-electron chi connectivity index (χ2n) is 5.01. The van der Waals surface area contributed by atoms with Crippen molar-refractivity contribution in [2.24, 2.45) is 0 Å². The molecule has 1 fully saturated rings. The first-order chi connectivity index (χ1) is 8.85. The molecule has 1 saturated heterocycles. The van der Waals surface area contributed by atoms with Crippen LogP contribution in [0, 0.1) is 0 Å². The third-order valence-corrected chi connectivity index (χ3v) is 3.93. The Kier molecular flexibility index (Phi) is 4.15. The lowest BCUT2D eigenvalue weighted by molar-refractivity contribution is -0.127. The predicted molar refractivity (Wildman–Crippen MR) is 69.4 cm³/mol. The SMILES string of the molecule is CN(C)C(=O)Cc1nc(CN2CCC(F)(F)C2)cs1. The van der Waals surface area contributed by atoms with Gasteiger partial charge in [-0.05, 0) is 0 Å². The molecule has 106 valence electrons. The fourth-order valence-corrected chi connectivity index (χ4v) is 2.74. The molecule has 0 aliphatic carbocycles. The quantitative estimate of drug-likeness (QED) is 0.845. The van der Waals surface area contributed by atoms with E-state index in [1.54, 1.807) is 19.0 Å². The number of amides is 1. The van der Waals surface area contributed by atoms with E-state index in [-0.39, 0.29) is 25.3 Å². The van der Waals surface area contributed by atoms with Gasteiger partial charge in [0.2, 0.25) is 5.91 Å². The summed E-state index contributed by atoms with van der Waals surface area (Å²) < 4.78 is 26.1. The van der Waals surface area contributed by atoms with Gasteiger partial charge < -0.3 is 4.90 Å². The fraction of sp³-hybridized carbons (Fsp3) is 0.667. The Bertz CT molecular complexity index is 462. The molecule has 0 N–H and O–H groups in total. The lowest BCUT2D eigenvalue weighted by Gasteiger charge is -2.13. The molecule has 0 radical (unpaired) electrons. The molecule has 2 rings (SSSR count). The second kappa shape index (κ2) is 5.50.